The number of hydrogen-bond acceptors (Lipinski definition) is 2. The van der Waals surface area contributed by atoms with Crippen molar-refractivity contribution in [3.63, 3.8) is 0 Å². The molecule has 0 spiro atoms. The van der Waals surface area contributed by atoms with Crippen molar-refractivity contribution in [3.8, 4) is 0 Å². The van der Waals surface area contributed by atoms with Crippen molar-refractivity contribution in [3.05, 3.63) is 18.8 Å². The van der Waals surface area contributed by atoms with E-state index in [1.807, 2.05) is 0 Å². The lowest BCUT2D eigenvalue weighted by molar-refractivity contribution is -0.133. The first-order chi connectivity index (χ1) is 3.72. The van der Waals surface area contributed by atoms with E-state index in [0.29, 0.717) is 5.57 Å². The zero-order chi connectivity index (χ0) is 6.57. The summed E-state index contributed by atoms with van der Waals surface area (Å²) in [5.41, 5.74) is 0.583. The van der Waals surface area contributed by atoms with Gasteiger partial charge in [-0.2, -0.15) is 0 Å². The van der Waals surface area contributed by atoms with Crippen molar-refractivity contribution in [1.29, 1.82) is 0 Å². The third-order valence-electron chi connectivity index (χ3n) is 0.886. The molecule has 0 aliphatic rings. The Hall–Kier alpha value is -0.790. The standard InChI is InChI=1S/C6H9O2/c1-4-5(2)6(7)8-3/h4H,3H2,1-2H3/b5-4-. The number of carbonyl (C=O) groups is 1. The summed E-state index contributed by atoms with van der Waals surface area (Å²) in [4.78, 5) is 10.4. The molecule has 1 radical (unpaired) electrons. The summed E-state index contributed by atoms with van der Waals surface area (Å²) in [5, 5.41) is 0. The Bertz CT molecular complexity index is 114. The first-order valence-corrected chi connectivity index (χ1v) is 2.31. The van der Waals surface area contributed by atoms with Crippen molar-refractivity contribution in [2.75, 3.05) is 0 Å². The molecule has 8 heavy (non-hydrogen) atoms. The molecule has 0 aromatic heterocycles. The van der Waals surface area contributed by atoms with Gasteiger partial charge in [0, 0.05) is 5.57 Å². The molecule has 0 unspecified atom stereocenters. The molecule has 0 aliphatic carbocycles. The Labute approximate surface area is 49.1 Å². The van der Waals surface area contributed by atoms with E-state index in [0.717, 1.165) is 0 Å². The zero-order valence-electron chi connectivity index (χ0n) is 5.10. The highest BCUT2D eigenvalue weighted by Crippen LogP contribution is 1.93. The van der Waals surface area contributed by atoms with Crippen LogP contribution in [0.3, 0.4) is 0 Å². The first-order valence-electron chi connectivity index (χ1n) is 2.31. The summed E-state index contributed by atoms with van der Waals surface area (Å²) in [7, 11) is 2.96. The van der Waals surface area contributed by atoms with Gasteiger partial charge in [-0.25, -0.2) is 4.79 Å². The second kappa shape index (κ2) is 3.24. The Morgan fingerprint density at radius 1 is 1.75 bits per heavy atom. The van der Waals surface area contributed by atoms with Crippen LogP contribution in [0.1, 0.15) is 13.8 Å². The van der Waals surface area contributed by atoms with Crippen molar-refractivity contribution in [1.82, 2.24) is 0 Å². The lowest BCUT2D eigenvalue weighted by Gasteiger charge is -1.93. The minimum absolute atomic E-state index is 0.368. The van der Waals surface area contributed by atoms with Gasteiger partial charge in [-0.05, 0) is 13.8 Å². The van der Waals surface area contributed by atoms with Crippen molar-refractivity contribution >= 4 is 5.97 Å². The minimum atomic E-state index is -0.368. The SMILES string of the molecule is [CH2]OC(=O)/C(C)=C\C. The van der Waals surface area contributed by atoms with Crippen LogP contribution in [-0.2, 0) is 9.53 Å². The van der Waals surface area contributed by atoms with E-state index >= 15 is 0 Å². The summed E-state index contributed by atoms with van der Waals surface area (Å²) < 4.78 is 4.15. The third-order valence-corrected chi connectivity index (χ3v) is 0.886. The number of hydrogen-bond donors (Lipinski definition) is 0. The van der Waals surface area contributed by atoms with Crippen LogP contribution < -0.4 is 0 Å². The molecule has 0 aliphatic heterocycles. The van der Waals surface area contributed by atoms with Crippen LogP contribution in [-0.4, -0.2) is 5.97 Å². The Morgan fingerprint density at radius 2 is 2.25 bits per heavy atom. The van der Waals surface area contributed by atoms with Gasteiger partial charge in [0.15, 0.2) is 0 Å². The molecule has 0 aromatic carbocycles. The Kier molecular flexibility index (Phi) is 2.92. The average molecular weight is 113 g/mol. The molecule has 0 saturated carbocycles. The maximum atomic E-state index is 10.4. The van der Waals surface area contributed by atoms with Gasteiger partial charge < -0.3 is 4.74 Å². The molecular weight excluding hydrogens is 104 g/mol. The predicted octanol–water partition coefficient (Wildman–Crippen LogP) is 1.29. The number of carbonyl (C=O) groups excluding carboxylic acids is 1. The molecule has 0 N–H and O–H groups in total. The van der Waals surface area contributed by atoms with Gasteiger partial charge in [0.05, 0.1) is 0 Å². The molecule has 2 heteroatoms. The number of allylic oxidation sites excluding steroid dienone is 1. The fourth-order valence-electron chi connectivity index (χ4n) is 0.232. The van der Waals surface area contributed by atoms with Crippen LogP contribution in [0.5, 0.6) is 0 Å². The largest absolute Gasteiger partial charge is 0.459 e. The fourth-order valence-corrected chi connectivity index (χ4v) is 0.232. The lowest BCUT2D eigenvalue weighted by atomic mass is 10.3. The second-order valence-corrected chi connectivity index (χ2v) is 1.40. The van der Waals surface area contributed by atoms with E-state index in [9.17, 15) is 4.79 Å². The maximum absolute atomic E-state index is 10.4. The molecule has 0 saturated heterocycles. The van der Waals surface area contributed by atoms with Gasteiger partial charge >= 0.3 is 5.97 Å². The second-order valence-electron chi connectivity index (χ2n) is 1.40. The van der Waals surface area contributed by atoms with Gasteiger partial charge in [0.1, 0.15) is 7.11 Å². The van der Waals surface area contributed by atoms with E-state index < -0.39 is 0 Å². The Balaban J connectivity index is 3.83. The normalized spacial score (nSPS) is 11.1. The Morgan fingerprint density at radius 3 is 2.38 bits per heavy atom. The van der Waals surface area contributed by atoms with E-state index in [4.69, 9.17) is 0 Å². The van der Waals surface area contributed by atoms with Crippen LogP contribution in [0, 0.1) is 7.11 Å². The molecule has 0 amide bonds. The summed E-state index contributed by atoms with van der Waals surface area (Å²) in [6, 6.07) is 0. The average Bonchev–Trinajstić information content (AvgIpc) is 1.84. The van der Waals surface area contributed by atoms with Crippen LogP contribution >= 0.6 is 0 Å². The highest BCUT2D eigenvalue weighted by molar-refractivity contribution is 5.87. The van der Waals surface area contributed by atoms with Crippen molar-refractivity contribution < 1.29 is 9.53 Å². The van der Waals surface area contributed by atoms with Crippen molar-refractivity contribution in [2.45, 2.75) is 13.8 Å². The molecule has 45 valence electrons. The zero-order valence-corrected chi connectivity index (χ0v) is 5.10. The molecule has 0 heterocycles. The van der Waals surface area contributed by atoms with Gasteiger partial charge in [0.2, 0.25) is 0 Å². The quantitative estimate of drug-likeness (QED) is 0.378. The van der Waals surface area contributed by atoms with E-state index in [1.165, 1.54) is 0 Å². The van der Waals surface area contributed by atoms with Crippen LogP contribution in [0.25, 0.3) is 0 Å². The molecule has 0 bridgehead atoms. The van der Waals surface area contributed by atoms with E-state index in [2.05, 4.69) is 11.8 Å². The highest BCUT2D eigenvalue weighted by atomic mass is 16.5. The summed E-state index contributed by atoms with van der Waals surface area (Å²) >= 11 is 0. The topological polar surface area (TPSA) is 26.3 Å². The first kappa shape index (κ1) is 7.21. The fraction of sp³-hybridized carbons (Fsp3) is 0.333. The van der Waals surface area contributed by atoms with Gasteiger partial charge in [0.25, 0.3) is 0 Å². The summed E-state index contributed by atoms with van der Waals surface area (Å²) in [5.74, 6) is -0.368. The summed E-state index contributed by atoms with van der Waals surface area (Å²) in [6.45, 7) is 3.44. The van der Waals surface area contributed by atoms with Crippen LogP contribution in [0.2, 0.25) is 0 Å². The highest BCUT2D eigenvalue weighted by Gasteiger charge is 1.98. The van der Waals surface area contributed by atoms with Crippen molar-refractivity contribution in [2.24, 2.45) is 0 Å². The molecule has 0 aromatic rings. The molecule has 0 rings (SSSR count). The van der Waals surface area contributed by atoms with Gasteiger partial charge in [-0.3, -0.25) is 0 Å². The maximum Gasteiger partial charge on any atom is 0.333 e. The molecule has 0 fully saturated rings. The van der Waals surface area contributed by atoms with Gasteiger partial charge in [-0.15, -0.1) is 0 Å². The van der Waals surface area contributed by atoms with Crippen LogP contribution in [0.4, 0.5) is 0 Å². The number of esters is 1. The number of ether oxygens (including phenoxy) is 1. The smallest absolute Gasteiger partial charge is 0.333 e. The predicted molar refractivity (Wildman–Crippen MR) is 30.9 cm³/mol. The monoisotopic (exact) mass is 113 g/mol. The van der Waals surface area contributed by atoms with E-state index in [1.54, 1.807) is 19.9 Å². The molecule has 0 atom stereocenters. The third kappa shape index (κ3) is 1.78. The molecule has 2 nitrogen and oxygen atoms in total. The molecular formula is C6H9O2. The summed E-state index contributed by atoms with van der Waals surface area (Å²) in [6.07, 6.45) is 1.67. The lowest BCUT2D eigenvalue weighted by Crippen LogP contribution is -1.98. The minimum Gasteiger partial charge on any atom is -0.459 e. The van der Waals surface area contributed by atoms with Gasteiger partial charge in [-0.1, -0.05) is 6.08 Å². The van der Waals surface area contributed by atoms with Crippen LogP contribution in [0.15, 0.2) is 11.6 Å². The van der Waals surface area contributed by atoms with E-state index in [-0.39, 0.29) is 5.97 Å². The number of rotatable bonds is 1.